The Morgan fingerprint density at radius 1 is 1.11 bits per heavy atom. The molecule has 0 atom stereocenters. The summed E-state index contributed by atoms with van der Waals surface area (Å²) in [5.74, 6) is 1.65. The largest absolute Gasteiger partial charge is 0.496 e. The molecule has 0 saturated carbocycles. The Balaban J connectivity index is 1.58. The Morgan fingerprint density at radius 3 is 2.68 bits per heavy atom. The van der Waals surface area contributed by atoms with E-state index in [9.17, 15) is 4.39 Å². The standard InChI is InChI=1S/C22H18FN3O2/c1-3-15-10-16(4-9-21(15)27-2)17-11-24-22-25-19(13-26(22)12-17)14-28-20-7-5-18(23)6-8-20/h3-13H,1,14H2,2H3. The van der Waals surface area contributed by atoms with Crippen LogP contribution in [0.5, 0.6) is 11.5 Å². The molecule has 0 aliphatic heterocycles. The lowest BCUT2D eigenvalue weighted by Gasteiger charge is -2.08. The molecule has 2 heterocycles. The molecule has 2 aromatic heterocycles. The van der Waals surface area contributed by atoms with E-state index >= 15 is 0 Å². The predicted molar refractivity (Wildman–Crippen MR) is 106 cm³/mol. The highest BCUT2D eigenvalue weighted by atomic mass is 19.1. The number of methoxy groups -OCH3 is 1. The fourth-order valence-electron chi connectivity index (χ4n) is 2.91. The van der Waals surface area contributed by atoms with E-state index < -0.39 is 0 Å². The van der Waals surface area contributed by atoms with E-state index in [1.807, 2.05) is 35.0 Å². The maximum absolute atomic E-state index is 13.0. The lowest BCUT2D eigenvalue weighted by atomic mass is 10.0. The molecule has 0 aliphatic carbocycles. The lowest BCUT2D eigenvalue weighted by Crippen LogP contribution is -1.95. The van der Waals surface area contributed by atoms with Gasteiger partial charge < -0.3 is 9.47 Å². The summed E-state index contributed by atoms with van der Waals surface area (Å²) < 4.78 is 25.8. The summed E-state index contributed by atoms with van der Waals surface area (Å²) in [6.07, 6.45) is 7.37. The zero-order chi connectivity index (χ0) is 19.5. The van der Waals surface area contributed by atoms with E-state index in [1.165, 1.54) is 12.1 Å². The first-order valence-electron chi connectivity index (χ1n) is 8.69. The van der Waals surface area contributed by atoms with Gasteiger partial charge in [-0.15, -0.1) is 0 Å². The minimum Gasteiger partial charge on any atom is -0.496 e. The average Bonchev–Trinajstić information content (AvgIpc) is 3.15. The molecule has 140 valence electrons. The van der Waals surface area contributed by atoms with Crippen molar-refractivity contribution in [1.82, 2.24) is 14.4 Å². The summed E-state index contributed by atoms with van der Waals surface area (Å²) in [6.45, 7) is 4.10. The van der Waals surface area contributed by atoms with Gasteiger partial charge >= 0.3 is 0 Å². The van der Waals surface area contributed by atoms with Gasteiger partial charge in [-0.05, 0) is 42.0 Å². The molecule has 2 aromatic carbocycles. The summed E-state index contributed by atoms with van der Waals surface area (Å²) in [6, 6.07) is 11.8. The number of benzene rings is 2. The zero-order valence-corrected chi connectivity index (χ0v) is 15.3. The third-order valence-electron chi connectivity index (χ3n) is 4.34. The van der Waals surface area contributed by atoms with Gasteiger partial charge in [0.05, 0.1) is 12.8 Å². The number of fused-ring (bicyclic) bond motifs is 1. The van der Waals surface area contributed by atoms with E-state index in [-0.39, 0.29) is 12.4 Å². The van der Waals surface area contributed by atoms with Crippen molar-refractivity contribution < 1.29 is 13.9 Å². The molecule has 0 spiro atoms. The van der Waals surface area contributed by atoms with Crippen LogP contribution >= 0.6 is 0 Å². The van der Waals surface area contributed by atoms with Gasteiger partial charge in [0.15, 0.2) is 0 Å². The van der Waals surface area contributed by atoms with Crippen molar-refractivity contribution >= 4 is 11.9 Å². The maximum atomic E-state index is 13.0. The second-order valence-electron chi connectivity index (χ2n) is 6.19. The van der Waals surface area contributed by atoms with E-state index in [2.05, 4.69) is 16.5 Å². The Hall–Kier alpha value is -3.67. The van der Waals surface area contributed by atoms with Gasteiger partial charge in [-0.1, -0.05) is 18.7 Å². The molecule has 4 aromatic rings. The molecule has 0 saturated heterocycles. The second kappa shape index (κ2) is 7.52. The molecular formula is C22H18FN3O2. The molecule has 0 fully saturated rings. The smallest absolute Gasteiger partial charge is 0.234 e. The minimum absolute atomic E-state index is 0.271. The summed E-state index contributed by atoms with van der Waals surface area (Å²) in [5.41, 5.74) is 3.60. The number of rotatable bonds is 6. The Kier molecular flexibility index (Phi) is 4.76. The second-order valence-corrected chi connectivity index (χ2v) is 6.19. The summed E-state index contributed by atoms with van der Waals surface area (Å²) in [5, 5.41) is 0. The number of hydrogen-bond donors (Lipinski definition) is 0. The van der Waals surface area contributed by atoms with Crippen molar-refractivity contribution in [2.45, 2.75) is 6.61 Å². The molecular weight excluding hydrogens is 357 g/mol. The van der Waals surface area contributed by atoms with Gasteiger partial charge in [-0.2, -0.15) is 0 Å². The third-order valence-corrected chi connectivity index (χ3v) is 4.34. The molecule has 6 heteroatoms. The molecule has 0 bridgehead atoms. The van der Waals surface area contributed by atoms with Crippen LogP contribution < -0.4 is 9.47 Å². The predicted octanol–water partition coefficient (Wildman–Crippen LogP) is 4.77. The number of aromatic nitrogens is 3. The number of ether oxygens (including phenoxy) is 2. The Labute approximate surface area is 161 Å². The van der Waals surface area contributed by atoms with Gasteiger partial charge in [-0.3, -0.25) is 4.40 Å². The van der Waals surface area contributed by atoms with E-state index in [4.69, 9.17) is 9.47 Å². The van der Waals surface area contributed by atoms with E-state index in [0.717, 1.165) is 28.1 Å². The number of halogens is 1. The van der Waals surface area contributed by atoms with Crippen molar-refractivity contribution in [3.8, 4) is 22.6 Å². The van der Waals surface area contributed by atoms with Crippen LogP contribution in [0.4, 0.5) is 4.39 Å². The lowest BCUT2D eigenvalue weighted by molar-refractivity contribution is 0.301. The summed E-state index contributed by atoms with van der Waals surface area (Å²) >= 11 is 0. The van der Waals surface area contributed by atoms with E-state index in [0.29, 0.717) is 11.5 Å². The molecule has 0 N–H and O–H groups in total. The number of nitrogens with zero attached hydrogens (tertiary/aromatic N) is 3. The fraction of sp³-hybridized carbons (Fsp3) is 0.0909. The number of hydrogen-bond acceptors (Lipinski definition) is 4. The van der Waals surface area contributed by atoms with E-state index in [1.54, 1.807) is 31.5 Å². The highest BCUT2D eigenvalue weighted by Crippen LogP contribution is 2.27. The highest BCUT2D eigenvalue weighted by molar-refractivity contribution is 5.69. The molecule has 28 heavy (non-hydrogen) atoms. The SMILES string of the molecule is C=Cc1cc(-c2cnc3nc(COc4ccc(F)cc4)cn3c2)ccc1OC. The van der Waals surface area contributed by atoms with Crippen molar-refractivity contribution in [3.63, 3.8) is 0 Å². The van der Waals surface area contributed by atoms with Crippen LogP contribution in [0, 0.1) is 5.82 Å². The molecule has 5 nitrogen and oxygen atoms in total. The van der Waals surface area contributed by atoms with Crippen molar-refractivity contribution in [2.75, 3.05) is 7.11 Å². The van der Waals surface area contributed by atoms with Crippen LogP contribution in [0.3, 0.4) is 0 Å². The molecule has 0 unspecified atom stereocenters. The molecule has 4 rings (SSSR count). The summed E-state index contributed by atoms with van der Waals surface area (Å²) in [7, 11) is 1.64. The van der Waals surface area contributed by atoms with Crippen molar-refractivity contribution in [2.24, 2.45) is 0 Å². The highest BCUT2D eigenvalue weighted by Gasteiger charge is 2.08. The molecule has 0 amide bonds. The van der Waals surface area contributed by atoms with Gasteiger partial charge in [0.25, 0.3) is 0 Å². The van der Waals surface area contributed by atoms with Gasteiger partial charge in [0.1, 0.15) is 23.9 Å². The average molecular weight is 375 g/mol. The first kappa shape index (κ1) is 17.7. The number of imidazole rings is 1. The monoisotopic (exact) mass is 375 g/mol. The normalized spacial score (nSPS) is 10.8. The van der Waals surface area contributed by atoms with Crippen LogP contribution in [-0.2, 0) is 6.61 Å². The maximum Gasteiger partial charge on any atom is 0.234 e. The quantitative estimate of drug-likeness (QED) is 0.487. The fourth-order valence-corrected chi connectivity index (χ4v) is 2.91. The first-order valence-corrected chi connectivity index (χ1v) is 8.69. The third kappa shape index (κ3) is 3.57. The molecule has 0 aliphatic rings. The first-order chi connectivity index (χ1) is 13.7. The Morgan fingerprint density at radius 2 is 1.93 bits per heavy atom. The van der Waals surface area contributed by atoms with Gasteiger partial charge in [-0.25, -0.2) is 14.4 Å². The van der Waals surface area contributed by atoms with Gasteiger partial charge in [0.2, 0.25) is 5.78 Å². The van der Waals surface area contributed by atoms with Crippen LogP contribution in [0.2, 0.25) is 0 Å². The summed E-state index contributed by atoms with van der Waals surface area (Å²) in [4.78, 5) is 8.89. The zero-order valence-electron chi connectivity index (χ0n) is 15.3. The topological polar surface area (TPSA) is 48.7 Å². The van der Waals surface area contributed by atoms with Crippen molar-refractivity contribution in [3.05, 3.63) is 84.7 Å². The van der Waals surface area contributed by atoms with Crippen LogP contribution in [0.15, 0.2) is 67.6 Å². The Bertz CT molecular complexity index is 1140. The van der Waals surface area contributed by atoms with Crippen LogP contribution in [0.1, 0.15) is 11.3 Å². The van der Waals surface area contributed by atoms with Crippen molar-refractivity contribution in [1.29, 1.82) is 0 Å². The van der Waals surface area contributed by atoms with Crippen LogP contribution in [0.25, 0.3) is 23.0 Å². The molecule has 0 radical (unpaired) electrons. The van der Waals surface area contributed by atoms with Gasteiger partial charge in [0, 0.05) is 29.7 Å². The van der Waals surface area contributed by atoms with Crippen LogP contribution in [-0.4, -0.2) is 21.5 Å². The minimum atomic E-state index is -0.296.